The fourth-order valence-corrected chi connectivity index (χ4v) is 1.21. The molecule has 0 saturated heterocycles. The molecule has 0 aliphatic rings. The molecule has 0 amide bonds. The van der Waals surface area contributed by atoms with Gasteiger partial charge in [0.05, 0.1) is 17.1 Å². The highest BCUT2D eigenvalue weighted by atomic mass is 15.3. The molecular formula is C8H16N4. The average molecular weight is 168 g/mol. The molecule has 0 radical (unpaired) electrons. The Balaban J connectivity index is 2.97. The monoisotopic (exact) mass is 168 g/mol. The van der Waals surface area contributed by atoms with Crippen molar-refractivity contribution in [2.45, 2.75) is 13.5 Å². The lowest BCUT2D eigenvalue weighted by Crippen LogP contribution is -2.14. The van der Waals surface area contributed by atoms with Gasteiger partial charge in [-0.2, -0.15) is 5.10 Å². The minimum Gasteiger partial charge on any atom is -0.396 e. The Labute approximate surface area is 73.0 Å². The van der Waals surface area contributed by atoms with Crippen LogP contribution in [0.5, 0.6) is 0 Å². The van der Waals surface area contributed by atoms with Gasteiger partial charge < -0.3 is 10.6 Å². The summed E-state index contributed by atoms with van der Waals surface area (Å²) < 4.78 is 1.84. The minimum absolute atomic E-state index is 0.811. The number of nitrogens with zero attached hydrogens (tertiary/aromatic N) is 3. The minimum atomic E-state index is 0.811. The summed E-state index contributed by atoms with van der Waals surface area (Å²) in [6.45, 7) is 2.76. The molecule has 0 aliphatic heterocycles. The van der Waals surface area contributed by atoms with Gasteiger partial charge in [-0.15, -0.1) is 0 Å². The third-order valence-corrected chi connectivity index (χ3v) is 1.86. The maximum Gasteiger partial charge on any atom is 0.0826 e. The van der Waals surface area contributed by atoms with Gasteiger partial charge in [0.25, 0.3) is 0 Å². The fraction of sp³-hybridized carbons (Fsp3) is 0.625. The number of nitrogens with two attached hydrogens (primary N) is 1. The van der Waals surface area contributed by atoms with Gasteiger partial charge >= 0.3 is 0 Å². The molecule has 0 saturated carbocycles. The van der Waals surface area contributed by atoms with Crippen LogP contribution in [0.1, 0.15) is 11.4 Å². The molecule has 0 aromatic carbocycles. The molecule has 1 heterocycles. The zero-order chi connectivity index (χ0) is 9.30. The van der Waals surface area contributed by atoms with Crippen molar-refractivity contribution < 1.29 is 0 Å². The third-order valence-electron chi connectivity index (χ3n) is 1.86. The smallest absolute Gasteiger partial charge is 0.0826 e. The molecule has 0 bridgehead atoms. The molecule has 0 fully saturated rings. The topological polar surface area (TPSA) is 47.1 Å². The molecule has 0 spiro atoms. The Morgan fingerprint density at radius 3 is 2.42 bits per heavy atom. The van der Waals surface area contributed by atoms with Crippen LogP contribution >= 0.6 is 0 Å². The molecule has 1 aromatic rings. The van der Waals surface area contributed by atoms with Crippen molar-refractivity contribution >= 4 is 5.69 Å². The number of nitrogen functional groups attached to an aromatic ring is 1. The summed E-state index contributed by atoms with van der Waals surface area (Å²) >= 11 is 0. The van der Waals surface area contributed by atoms with Crippen molar-refractivity contribution in [2.24, 2.45) is 7.05 Å². The quantitative estimate of drug-likeness (QED) is 0.694. The second-order valence-corrected chi connectivity index (χ2v) is 3.31. The first-order valence-corrected chi connectivity index (χ1v) is 3.95. The zero-order valence-corrected chi connectivity index (χ0v) is 8.13. The first-order chi connectivity index (χ1) is 5.52. The van der Waals surface area contributed by atoms with Crippen LogP contribution in [0, 0.1) is 6.92 Å². The lowest BCUT2D eigenvalue weighted by Gasteiger charge is -2.10. The molecule has 1 rings (SSSR count). The summed E-state index contributed by atoms with van der Waals surface area (Å²) in [6.07, 6.45) is 0. The first kappa shape index (κ1) is 9.06. The summed E-state index contributed by atoms with van der Waals surface area (Å²) in [4.78, 5) is 2.08. The Morgan fingerprint density at radius 1 is 1.50 bits per heavy atom. The van der Waals surface area contributed by atoms with Crippen molar-refractivity contribution in [1.82, 2.24) is 14.7 Å². The molecular weight excluding hydrogens is 152 g/mol. The molecule has 0 unspecified atom stereocenters. The van der Waals surface area contributed by atoms with Crippen LogP contribution in [0.15, 0.2) is 0 Å². The van der Waals surface area contributed by atoms with E-state index in [0.717, 1.165) is 23.6 Å². The third kappa shape index (κ3) is 1.58. The van der Waals surface area contributed by atoms with Crippen LogP contribution in [-0.4, -0.2) is 28.8 Å². The van der Waals surface area contributed by atoms with E-state index in [-0.39, 0.29) is 0 Å². The van der Waals surface area contributed by atoms with E-state index in [0.29, 0.717) is 0 Å². The van der Waals surface area contributed by atoms with Gasteiger partial charge in [-0.05, 0) is 21.0 Å². The van der Waals surface area contributed by atoms with E-state index in [4.69, 9.17) is 5.73 Å². The van der Waals surface area contributed by atoms with E-state index in [1.54, 1.807) is 0 Å². The SMILES string of the molecule is Cc1nn(C)c(CN(C)C)c1N. The maximum absolute atomic E-state index is 5.84. The largest absolute Gasteiger partial charge is 0.396 e. The average Bonchev–Trinajstić information content (AvgIpc) is 2.16. The van der Waals surface area contributed by atoms with E-state index in [1.165, 1.54) is 0 Å². The number of hydrogen-bond acceptors (Lipinski definition) is 3. The number of aromatic nitrogens is 2. The molecule has 0 aliphatic carbocycles. The summed E-state index contributed by atoms with van der Waals surface area (Å²) in [7, 11) is 5.95. The zero-order valence-electron chi connectivity index (χ0n) is 8.13. The highest BCUT2D eigenvalue weighted by Crippen LogP contribution is 2.15. The molecule has 1 aromatic heterocycles. The number of hydrogen-bond donors (Lipinski definition) is 1. The van der Waals surface area contributed by atoms with Gasteiger partial charge in [0.2, 0.25) is 0 Å². The highest BCUT2D eigenvalue weighted by Gasteiger charge is 2.09. The second-order valence-electron chi connectivity index (χ2n) is 3.31. The predicted octanol–water partition coefficient (Wildman–Crippen LogP) is 0.372. The number of anilines is 1. The highest BCUT2D eigenvalue weighted by molar-refractivity contribution is 5.47. The van der Waals surface area contributed by atoms with Gasteiger partial charge in [0.1, 0.15) is 0 Å². The van der Waals surface area contributed by atoms with E-state index in [1.807, 2.05) is 32.7 Å². The Morgan fingerprint density at radius 2 is 2.08 bits per heavy atom. The Kier molecular flexibility index (Phi) is 2.38. The van der Waals surface area contributed by atoms with E-state index < -0.39 is 0 Å². The Hall–Kier alpha value is -1.03. The summed E-state index contributed by atoms with van der Waals surface area (Å²) in [6, 6.07) is 0. The standard InChI is InChI=1S/C8H16N4/c1-6-8(9)7(5-11(2)3)12(4)10-6/h5,9H2,1-4H3. The summed E-state index contributed by atoms with van der Waals surface area (Å²) in [5.74, 6) is 0. The first-order valence-electron chi connectivity index (χ1n) is 3.95. The predicted molar refractivity (Wildman–Crippen MR) is 49.7 cm³/mol. The van der Waals surface area contributed by atoms with Crippen molar-refractivity contribution in [3.05, 3.63) is 11.4 Å². The van der Waals surface area contributed by atoms with Crippen molar-refractivity contribution in [1.29, 1.82) is 0 Å². The van der Waals surface area contributed by atoms with Crippen molar-refractivity contribution in [2.75, 3.05) is 19.8 Å². The van der Waals surface area contributed by atoms with E-state index in [2.05, 4.69) is 10.00 Å². The van der Waals surface area contributed by atoms with Gasteiger partial charge in [0, 0.05) is 13.6 Å². The van der Waals surface area contributed by atoms with Crippen LogP contribution in [0.4, 0.5) is 5.69 Å². The normalized spacial score (nSPS) is 11.1. The molecule has 68 valence electrons. The lowest BCUT2D eigenvalue weighted by atomic mass is 10.3. The van der Waals surface area contributed by atoms with Gasteiger partial charge in [-0.25, -0.2) is 0 Å². The van der Waals surface area contributed by atoms with Gasteiger partial charge in [-0.1, -0.05) is 0 Å². The molecule has 0 atom stereocenters. The van der Waals surface area contributed by atoms with E-state index in [9.17, 15) is 0 Å². The maximum atomic E-state index is 5.84. The number of aryl methyl sites for hydroxylation is 2. The molecule has 2 N–H and O–H groups in total. The second kappa shape index (κ2) is 3.15. The molecule has 4 nitrogen and oxygen atoms in total. The van der Waals surface area contributed by atoms with E-state index >= 15 is 0 Å². The number of rotatable bonds is 2. The molecule has 4 heteroatoms. The summed E-state index contributed by atoms with van der Waals surface area (Å²) in [5, 5.41) is 4.23. The van der Waals surface area contributed by atoms with Crippen molar-refractivity contribution in [3.8, 4) is 0 Å². The van der Waals surface area contributed by atoms with Gasteiger partial charge in [0.15, 0.2) is 0 Å². The molecule has 12 heavy (non-hydrogen) atoms. The lowest BCUT2D eigenvalue weighted by molar-refractivity contribution is 0.388. The van der Waals surface area contributed by atoms with Crippen LogP contribution in [0.3, 0.4) is 0 Å². The summed E-state index contributed by atoms with van der Waals surface area (Å²) in [5.41, 5.74) is 8.65. The van der Waals surface area contributed by atoms with Crippen LogP contribution in [-0.2, 0) is 13.6 Å². The van der Waals surface area contributed by atoms with Crippen LogP contribution in [0.2, 0.25) is 0 Å². The van der Waals surface area contributed by atoms with Crippen molar-refractivity contribution in [3.63, 3.8) is 0 Å². The fourth-order valence-electron chi connectivity index (χ4n) is 1.21. The van der Waals surface area contributed by atoms with Crippen LogP contribution < -0.4 is 5.73 Å². The van der Waals surface area contributed by atoms with Crippen LogP contribution in [0.25, 0.3) is 0 Å². The van der Waals surface area contributed by atoms with Gasteiger partial charge in [-0.3, -0.25) is 4.68 Å². The Bertz CT molecular complexity index is 275.